The number of hydrogen-bond donors (Lipinski definition) is 2. The van der Waals surface area contributed by atoms with Crippen LogP contribution in [-0.2, 0) is 0 Å². The molecule has 1 aromatic heterocycles. The molecule has 0 aliphatic rings. The number of rotatable bonds is 3. The average molecular weight is 342 g/mol. The highest BCUT2D eigenvalue weighted by molar-refractivity contribution is 9.10. The molecular formula is C13H10BrClN2O2. The molecule has 0 aliphatic heterocycles. The largest absolute Gasteiger partial charge is 0.478 e. The molecule has 6 heteroatoms. The van der Waals surface area contributed by atoms with Crippen LogP contribution in [0.4, 0.5) is 11.5 Å². The van der Waals surface area contributed by atoms with E-state index in [0.29, 0.717) is 9.50 Å². The van der Waals surface area contributed by atoms with Gasteiger partial charge in [-0.15, -0.1) is 0 Å². The molecule has 0 bridgehead atoms. The van der Waals surface area contributed by atoms with Crippen molar-refractivity contribution in [2.24, 2.45) is 0 Å². The minimum atomic E-state index is -1.05. The van der Waals surface area contributed by atoms with E-state index in [1.165, 1.54) is 12.3 Å². The van der Waals surface area contributed by atoms with Crippen LogP contribution in [-0.4, -0.2) is 16.1 Å². The third-order valence-corrected chi connectivity index (χ3v) is 3.21. The minimum Gasteiger partial charge on any atom is -0.478 e. The molecule has 2 rings (SSSR count). The van der Waals surface area contributed by atoms with Gasteiger partial charge in [-0.05, 0) is 46.6 Å². The van der Waals surface area contributed by atoms with E-state index in [1.54, 1.807) is 12.1 Å². The third-order valence-electron chi connectivity index (χ3n) is 2.54. The van der Waals surface area contributed by atoms with Gasteiger partial charge in [0.05, 0.1) is 0 Å². The van der Waals surface area contributed by atoms with Crippen LogP contribution in [0.25, 0.3) is 0 Å². The molecule has 1 aromatic carbocycles. The molecule has 0 spiro atoms. The number of benzene rings is 1. The van der Waals surface area contributed by atoms with E-state index in [0.717, 1.165) is 11.3 Å². The van der Waals surface area contributed by atoms with Crippen LogP contribution < -0.4 is 5.32 Å². The van der Waals surface area contributed by atoms with Crippen molar-refractivity contribution in [3.05, 3.63) is 51.1 Å². The highest BCUT2D eigenvalue weighted by Crippen LogP contribution is 2.26. The van der Waals surface area contributed by atoms with E-state index >= 15 is 0 Å². The van der Waals surface area contributed by atoms with Gasteiger partial charge in [-0.1, -0.05) is 17.7 Å². The Morgan fingerprint density at radius 1 is 1.42 bits per heavy atom. The number of hydrogen-bond acceptors (Lipinski definition) is 3. The van der Waals surface area contributed by atoms with Gasteiger partial charge in [-0.25, -0.2) is 9.78 Å². The lowest BCUT2D eigenvalue weighted by atomic mass is 10.2. The monoisotopic (exact) mass is 340 g/mol. The Kier molecular flexibility index (Phi) is 4.07. The van der Waals surface area contributed by atoms with Gasteiger partial charge in [0, 0.05) is 21.4 Å². The highest BCUT2D eigenvalue weighted by atomic mass is 79.9. The van der Waals surface area contributed by atoms with Crippen molar-refractivity contribution in [1.29, 1.82) is 0 Å². The topological polar surface area (TPSA) is 62.2 Å². The lowest BCUT2D eigenvalue weighted by Gasteiger charge is -2.11. The fourth-order valence-corrected chi connectivity index (χ4v) is 2.06. The Morgan fingerprint density at radius 3 is 2.84 bits per heavy atom. The summed E-state index contributed by atoms with van der Waals surface area (Å²) in [6.07, 6.45) is 1.54. The summed E-state index contributed by atoms with van der Waals surface area (Å²) >= 11 is 9.13. The van der Waals surface area contributed by atoms with Crippen LogP contribution in [0, 0.1) is 6.92 Å². The molecule has 0 saturated heterocycles. The lowest BCUT2D eigenvalue weighted by Crippen LogP contribution is -2.05. The van der Waals surface area contributed by atoms with Crippen LogP contribution in [0.2, 0.25) is 5.02 Å². The molecule has 0 atom stereocenters. The first-order valence-electron chi connectivity index (χ1n) is 5.39. The number of carboxylic acids is 1. The van der Waals surface area contributed by atoms with Gasteiger partial charge in [0.25, 0.3) is 0 Å². The molecule has 1 heterocycles. The van der Waals surface area contributed by atoms with E-state index < -0.39 is 5.97 Å². The summed E-state index contributed by atoms with van der Waals surface area (Å²) in [5.74, 6) is -0.767. The second-order valence-electron chi connectivity index (χ2n) is 3.94. The number of nitrogens with zero attached hydrogens (tertiary/aromatic N) is 1. The zero-order chi connectivity index (χ0) is 14.0. The molecule has 19 heavy (non-hydrogen) atoms. The molecular weight excluding hydrogens is 332 g/mol. The van der Waals surface area contributed by atoms with Crippen molar-refractivity contribution in [1.82, 2.24) is 4.98 Å². The van der Waals surface area contributed by atoms with E-state index in [1.807, 2.05) is 13.0 Å². The number of nitrogens with one attached hydrogen (secondary N) is 1. The minimum absolute atomic E-state index is 0.0914. The smallest absolute Gasteiger partial charge is 0.339 e. The van der Waals surface area contributed by atoms with E-state index in [9.17, 15) is 4.79 Å². The predicted molar refractivity (Wildman–Crippen MR) is 78.4 cm³/mol. The summed E-state index contributed by atoms with van der Waals surface area (Å²) in [7, 11) is 0. The molecule has 2 aromatic rings. The summed E-state index contributed by atoms with van der Waals surface area (Å²) in [5, 5.41) is 12.7. The Bertz CT molecular complexity index is 647. The van der Waals surface area contributed by atoms with Crippen LogP contribution in [0.3, 0.4) is 0 Å². The first-order chi connectivity index (χ1) is 8.97. The third kappa shape index (κ3) is 3.24. The van der Waals surface area contributed by atoms with Crippen LogP contribution in [0.15, 0.2) is 34.9 Å². The Hall–Kier alpha value is -1.59. The molecule has 98 valence electrons. The first-order valence-corrected chi connectivity index (χ1v) is 6.56. The van der Waals surface area contributed by atoms with Crippen LogP contribution in [0.5, 0.6) is 0 Å². The number of aryl methyl sites for hydroxylation is 1. The Morgan fingerprint density at radius 2 is 2.16 bits per heavy atom. The number of aromatic carboxylic acids is 1. The second kappa shape index (κ2) is 5.59. The molecule has 0 unspecified atom stereocenters. The summed E-state index contributed by atoms with van der Waals surface area (Å²) in [4.78, 5) is 15.3. The summed E-state index contributed by atoms with van der Waals surface area (Å²) < 4.78 is 0.610. The number of anilines is 2. The summed E-state index contributed by atoms with van der Waals surface area (Å²) in [6.45, 7) is 1.90. The molecule has 4 nitrogen and oxygen atoms in total. The SMILES string of the molecule is Cc1ccc(Cl)cc1Nc1ncc(Br)cc1C(=O)O. The van der Waals surface area contributed by atoms with Gasteiger partial charge in [-0.3, -0.25) is 0 Å². The van der Waals surface area contributed by atoms with Crippen molar-refractivity contribution in [3.8, 4) is 0 Å². The number of pyridine rings is 1. The van der Waals surface area contributed by atoms with Crippen molar-refractivity contribution >= 4 is 45.0 Å². The van der Waals surface area contributed by atoms with Gasteiger partial charge in [0.1, 0.15) is 11.4 Å². The van der Waals surface area contributed by atoms with Crippen LogP contribution >= 0.6 is 27.5 Å². The maximum Gasteiger partial charge on any atom is 0.339 e. The van der Waals surface area contributed by atoms with Crippen molar-refractivity contribution in [2.45, 2.75) is 6.92 Å². The van der Waals surface area contributed by atoms with E-state index in [4.69, 9.17) is 16.7 Å². The predicted octanol–water partition coefficient (Wildman–Crippen LogP) is 4.25. The normalized spacial score (nSPS) is 10.3. The fraction of sp³-hybridized carbons (Fsp3) is 0.0769. The summed E-state index contributed by atoms with van der Waals surface area (Å²) in [5.41, 5.74) is 1.77. The van der Waals surface area contributed by atoms with Crippen LogP contribution in [0.1, 0.15) is 15.9 Å². The van der Waals surface area contributed by atoms with E-state index in [2.05, 4.69) is 26.2 Å². The second-order valence-corrected chi connectivity index (χ2v) is 5.29. The van der Waals surface area contributed by atoms with Crippen molar-refractivity contribution in [2.75, 3.05) is 5.32 Å². The quantitative estimate of drug-likeness (QED) is 0.876. The fourth-order valence-electron chi connectivity index (χ4n) is 1.56. The lowest BCUT2D eigenvalue weighted by molar-refractivity contribution is 0.0697. The van der Waals surface area contributed by atoms with Gasteiger partial charge < -0.3 is 10.4 Å². The maximum atomic E-state index is 11.2. The zero-order valence-electron chi connectivity index (χ0n) is 9.95. The highest BCUT2D eigenvalue weighted by Gasteiger charge is 2.13. The Labute approximate surface area is 123 Å². The first kappa shape index (κ1) is 13.8. The van der Waals surface area contributed by atoms with Crippen molar-refractivity contribution in [3.63, 3.8) is 0 Å². The molecule has 0 aliphatic carbocycles. The van der Waals surface area contributed by atoms with Gasteiger partial charge in [0.15, 0.2) is 0 Å². The summed E-state index contributed by atoms with van der Waals surface area (Å²) in [6, 6.07) is 6.85. The van der Waals surface area contributed by atoms with E-state index in [-0.39, 0.29) is 11.4 Å². The number of halogens is 2. The average Bonchev–Trinajstić information content (AvgIpc) is 2.35. The van der Waals surface area contributed by atoms with Gasteiger partial charge in [-0.2, -0.15) is 0 Å². The molecule has 2 N–H and O–H groups in total. The van der Waals surface area contributed by atoms with Gasteiger partial charge in [0.2, 0.25) is 0 Å². The molecule has 0 radical (unpaired) electrons. The zero-order valence-corrected chi connectivity index (χ0v) is 12.3. The molecule has 0 amide bonds. The standard InChI is InChI=1S/C13H10BrClN2O2/c1-7-2-3-9(15)5-11(7)17-12-10(13(18)19)4-8(14)6-16-12/h2-6H,1H3,(H,16,17)(H,18,19). The number of carboxylic acid groups (broad SMARTS) is 1. The van der Waals surface area contributed by atoms with Gasteiger partial charge >= 0.3 is 5.97 Å². The molecule has 0 saturated carbocycles. The number of carbonyl (C=O) groups is 1. The van der Waals surface area contributed by atoms with Crippen molar-refractivity contribution < 1.29 is 9.90 Å². The molecule has 0 fully saturated rings. The number of aromatic nitrogens is 1. The Balaban J connectivity index is 2.43. The maximum absolute atomic E-state index is 11.2.